The van der Waals surface area contributed by atoms with Crippen molar-refractivity contribution in [2.75, 3.05) is 26.2 Å². The van der Waals surface area contributed by atoms with Crippen LogP contribution in [0.3, 0.4) is 0 Å². The van der Waals surface area contributed by atoms with Crippen molar-refractivity contribution < 1.29 is 4.74 Å². The van der Waals surface area contributed by atoms with Crippen molar-refractivity contribution in [1.82, 2.24) is 10.2 Å². The highest BCUT2D eigenvalue weighted by Gasteiger charge is 2.06. The van der Waals surface area contributed by atoms with Gasteiger partial charge in [0.25, 0.3) is 0 Å². The van der Waals surface area contributed by atoms with Crippen LogP contribution in [0.2, 0.25) is 0 Å². The summed E-state index contributed by atoms with van der Waals surface area (Å²) in [6.45, 7) is 10.1. The van der Waals surface area contributed by atoms with Gasteiger partial charge in [0.1, 0.15) is 12.4 Å². The van der Waals surface area contributed by atoms with E-state index in [0.717, 1.165) is 42.9 Å². The predicted molar refractivity (Wildman–Crippen MR) is 119 cm³/mol. The topological polar surface area (TPSA) is 24.5 Å². The normalized spacial score (nSPS) is 10.2. The summed E-state index contributed by atoms with van der Waals surface area (Å²) in [5.74, 6) is 0.942. The largest absolute Gasteiger partial charge is 0.489 e. The third-order valence-corrected chi connectivity index (χ3v) is 4.57. The van der Waals surface area contributed by atoms with Crippen molar-refractivity contribution in [3.63, 3.8) is 0 Å². The van der Waals surface area contributed by atoms with E-state index in [4.69, 9.17) is 4.74 Å². The summed E-state index contributed by atoms with van der Waals surface area (Å²) < 4.78 is 7.11. The van der Waals surface area contributed by atoms with E-state index >= 15 is 0 Å². The van der Waals surface area contributed by atoms with Gasteiger partial charge in [0.2, 0.25) is 0 Å². The monoisotopic (exact) mass is 462 g/mol. The summed E-state index contributed by atoms with van der Waals surface area (Å²) >= 11 is 3.56. The summed E-state index contributed by atoms with van der Waals surface area (Å²) in [5.41, 5.74) is 2.36. The average molecular weight is 464 g/mol. The van der Waals surface area contributed by atoms with Crippen LogP contribution in [-0.4, -0.2) is 31.1 Å². The summed E-state index contributed by atoms with van der Waals surface area (Å²) in [6, 6.07) is 16.5. The summed E-state index contributed by atoms with van der Waals surface area (Å²) in [5, 5.41) is 3.52. The van der Waals surface area contributed by atoms with Crippen molar-refractivity contribution in [2.45, 2.75) is 27.0 Å². The second-order valence-electron chi connectivity index (χ2n) is 5.73. The summed E-state index contributed by atoms with van der Waals surface area (Å²) in [6.07, 6.45) is 0. The first-order valence-electron chi connectivity index (χ1n) is 8.61. The highest BCUT2D eigenvalue weighted by molar-refractivity contribution is 9.10. The molecule has 1 N–H and O–H groups in total. The van der Waals surface area contributed by atoms with E-state index in [1.165, 1.54) is 11.1 Å². The molecule has 0 saturated heterocycles. The number of rotatable bonds is 10. The van der Waals surface area contributed by atoms with Gasteiger partial charge >= 0.3 is 0 Å². The zero-order chi connectivity index (χ0) is 17.2. The van der Waals surface area contributed by atoms with Gasteiger partial charge < -0.3 is 15.0 Å². The fourth-order valence-electron chi connectivity index (χ4n) is 2.56. The molecule has 26 heavy (non-hydrogen) atoms. The Labute approximate surface area is 178 Å². The number of hydrogen-bond donors (Lipinski definition) is 1. The number of nitrogens with zero attached hydrogens (tertiary/aromatic N) is 1. The molecule has 6 heteroatoms. The zero-order valence-corrected chi connectivity index (χ0v) is 18.6. The van der Waals surface area contributed by atoms with Crippen molar-refractivity contribution in [3.05, 3.63) is 64.1 Å². The first-order chi connectivity index (χ1) is 11.7. The molecule has 0 saturated carbocycles. The van der Waals surface area contributed by atoms with E-state index in [2.05, 4.69) is 58.2 Å². The maximum absolute atomic E-state index is 6.03. The van der Waals surface area contributed by atoms with Crippen LogP contribution >= 0.6 is 40.7 Å². The predicted octanol–water partition coefficient (Wildman–Crippen LogP) is 5.30. The summed E-state index contributed by atoms with van der Waals surface area (Å²) in [4.78, 5) is 2.42. The highest BCUT2D eigenvalue weighted by Crippen LogP contribution is 2.24. The summed E-state index contributed by atoms with van der Waals surface area (Å²) in [7, 11) is 0. The molecule has 0 aliphatic carbocycles. The Morgan fingerprint density at radius 2 is 1.69 bits per heavy atom. The third kappa shape index (κ3) is 8.74. The second kappa shape index (κ2) is 14.3. The number of ether oxygens (including phenoxy) is 1. The van der Waals surface area contributed by atoms with Crippen molar-refractivity contribution in [1.29, 1.82) is 0 Å². The fourth-order valence-corrected chi connectivity index (χ4v) is 2.97. The molecule has 0 radical (unpaired) electrons. The lowest BCUT2D eigenvalue weighted by Gasteiger charge is -2.18. The number of halogens is 3. The standard InChI is InChI=1S/C20H27BrN2O.2ClH/c1-3-23(4-2)13-12-22-15-18-14-19(21)10-11-20(18)24-16-17-8-6-5-7-9-17;;/h5-11,14,22H,3-4,12-13,15-16H2,1-2H3;2*1H. The Balaban J connectivity index is 0.00000312. The van der Waals surface area contributed by atoms with E-state index in [9.17, 15) is 0 Å². The Morgan fingerprint density at radius 1 is 1.00 bits per heavy atom. The van der Waals surface area contributed by atoms with Crippen LogP contribution in [0.25, 0.3) is 0 Å². The van der Waals surface area contributed by atoms with Gasteiger partial charge in [0.15, 0.2) is 0 Å². The molecule has 0 amide bonds. The molecule has 0 aliphatic rings. The van der Waals surface area contributed by atoms with E-state index in [1.54, 1.807) is 0 Å². The third-order valence-electron chi connectivity index (χ3n) is 4.07. The maximum atomic E-state index is 6.03. The average Bonchev–Trinajstić information content (AvgIpc) is 2.62. The smallest absolute Gasteiger partial charge is 0.124 e. The highest BCUT2D eigenvalue weighted by atomic mass is 79.9. The molecule has 0 aliphatic heterocycles. The van der Waals surface area contributed by atoms with Crippen LogP contribution < -0.4 is 10.1 Å². The Bertz CT molecular complexity index is 610. The number of nitrogens with one attached hydrogen (secondary N) is 1. The minimum Gasteiger partial charge on any atom is -0.489 e. The zero-order valence-electron chi connectivity index (χ0n) is 15.4. The van der Waals surface area contributed by atoms with Crippen LogP contribution in [0.1, 0.15) is 25.0 Å². The van der Waals surface area contributed by atoms with E-state index in [0.29, 0.717) is 6.61 Å². The van der Waals surface area contributed by atoms with E-state index < -0.39 is 0 Å². The lowest BCUT2D eigenvalue weighted by atomic mass is 10.2. The van der Waals surface area contributed by atoms with Gasteiger partial charge in [-0.2, -0.15) is 0 Å². The Hall–Kier alpha value is -0.780. The molecule has 0 spiro atoms. The van der Waals surface area contributed by atoms with Gasteiger partial charge in [0, 0.05) is 29.7 Å². The van der Waals surface area contributed by atoms with E-state index in [-0.39, 0.29) is 24.8 Å². The molecule has 0 aromatic heterocycles. The first kappa shape index (κ1) is 25.2. The molecule has 0 heterocycles. The molecule has 146 valence electrons. The van der Waals surface area contributed by atoms with Crippen LogP contribution in [0.5, 0.6) is 5.75 Å². The molecule has 0 unspecified atom stereocenters. The van der Waals surface area contributed by atoms with Gasteiger partial charge in [-0.1, -0.05) is 60.1 Å². The second-order valence-corrected chi connectivity index (χ2v) is 6.65. The minimum atomic E-state index is 0. The van der Waals surface area contributed by atoms with Crippen LogP contribution in [-0.2, 0) is 13.2 Å². The van der Waals surface area contributed by atoms with Gasteiger partial charge in [0.05, 0.1) is 0 Å². The number of benzene rings is 2. The van der Waals surface area contributed by atoms with Crippen LogP contribution in [0.15, 0.2) is 53.0 Å². The van der Waals surface area contributed by atoms with Crippen molar-refractivity contribution >= 4 is 40.7 Å². The molecular weight excluding hydrogens is 435 g/mol. The first-order valence-corrected chi connectivity index (χ1v) is 9.40. The van der Waals surface area contributed by atoms with Crippen molar-refractivity contribution in [2.24, 2.45) is 0 Å². The molecule has 2 rings (SSSR count). The molecule has 2 aromatic rings. The Morgan fingerprint density at radius 3 is 2.35 bits per heavy atom. The molecule has 0 atom stereocenters. The maximum Gasteiger partial charge on any atom is 0.124 e. The fraction of sp³-hybridized carbons (Fsp3) is 0.400. The van der Waals surface area contributed by atoms with E-state index in [1.807, 2.05) is 30.3 Å². The molecule has 3 nitrogen and oxygen atoms in total. The van der Waals surface area contributed by atoms with Gasteiger partial charge in [-0.05, 0) is 36.9 Å². The SMILES string of the molecule is CCN(CC)CCNCc1cc(Br)ccc1OCc1ccccc1.Cl.Cl. The van der Waals surface area contributed by atoms with Crippen molar-refractivity contribution in [3.8, 4) is 5.75 Å². The Kier molecular flexibility index (Phi) is 13.9. The lowest BCUT2D eigenvalue weighted by molar-refractivity contribution is 0.295. The number of hydrogen-bond acceptors (Lipinski definition) is 3. The molecular formula is C20H29BrCl2N2O. The van der Waals surface area contributed by atoms with Gasteiger partial charge in [-0.25, -0.2) is 0 Å². The molecule has 0 fully saturated rings. The minimum absolute atomic E-state index is 0. The van der Waals surface area contributed by atoms with Gasteiger partial charge in [-0.3, -0.25) is 0 Å². The van der Waals surface area contributed by atoms with Crippen LogP contribution in [0, 0.1) is 0 Å². The molecule has 2 aromatic carbocycles. The number of likely N-dealkylation sites (N-methyl/N-ethyl adjacent to an activating group) is 1. The van der Waals surface area contributed by atoms with Gasteiger partial charge in [-0.15, -0.1) is 24.8 Å². The van der Waals surface area contributed by atoms with Crippen LogP contribution in [0.4, 0.5) is 0 Å². The quantitative estimate of drug-likeness (QED) is 0.483. The molecule has 0 bridgehead atoms. The lowest BCUT2D eigenvalue weighted by Crippen LogP contribution is -2.31.